The quantitative estimate of drug-likeness (QED) is 0.169. The molecule has 1 atom stereocenters. The van der Waals surface area contributed by atoms with Crippen LogP contribution in [0.1, 0.15) is 70.6 Å². The molecule has 60 heavy (non-hydrogen) atoms. The molecular weight excluding hydrogens is 763 g/mol. The molecule has 0 spiro atoms. The fourth-order valence-electron chi connectivity index (χ4n) is 8.22. The van der Waals surface area contributed by atoms with Crippen LogP contribution >= 0.6 is 0 Å². The minimum absolute atomic E-state index is 0.0242. The van der Waals surface area contributed by atoms with Crippen LogP contribution in [0.15, 0.2) is 87.2 Å². The van der Waals surface area contributed by atoms with Crippen LogP contribution in [0.25, 0.3) is 55.2 Å². The van der Waals surface area contributed by atoms with Gasteiger partial charge in [0.1, 0.15) is 16.9 Å². The molecule has 14 heteroatoms. The molecule has 1 unspecified atom stereocenters. The number of pyridine rings is 5. The zero-order chi connectivity index (χ0) is 41.7. The molecule has 2 fully saturated rings. The van der Waals surface area contributed by atoms with Crippen LogP contribution in [0.2, 0.25) is 0 Å². The molecule has 2 saturated heterocycles. The summed E-state index contributed by atoms with van der Waals surface area (Å²) < 4.78 is 14.7. The summed E-state index contributed by atoms with van der Waals surface area (Å²) in [5.74, 6) is 4.88. The number of furan rings is 1. The lowest BCUT2D eigenvalue weighted by atomic mass is 9.88. The zero-order valence-corrected chi connectivity index (χ0v) is 33.1. The van der Waals surface area contributed by atoms with Gasteiger partial charge in [-0.05, 0) is 79.6 Å². The van der Waals surface area contributed by atoms with Crippen LogP contribution in [0.5, 0.6) is 0 Å². The van der Waals surface area contributed by atoms with Crippen molar-refractivity contribution in [2.45, 2.75) is 44.4 Å². The smallest absolute Gasteiger partial charge is 0.270 e. The fourth-order valence-corrected chi connectivity index (χ4v) is 8.22. The minimum Gasteiger partial charge on any atom is -0.448 e. The summed E-state index contributed by atoms with van der Waals surface area (Å²) >= 11 is 0. The van der Waals surface area contributed by atoms with Gasteiger partial charge in [0, 0.05) is 103 Å². The molecule has 2 aliphatic heterocycles. The van der Waals surface area contributed by atoms with Gasteiger partial charge in [0.2, 0.25) is 11.8 Å². The number of aryl methyl sites for hydroxylation is 3. The Kier molecular flexibility index (Phi) is 9.89. The molecule has 7 aromatic rings. The molecule has 0 radical (unpaired) electrons. The molecule has 2 N–H and O–H groups in total. The Morgan fingerprint density at radius 3 is 2.52 bits per heavy atom. The molecule has 0 aliphatic carbocycles. The Bertz CT molecular complexity index is 3110. The summed E-state index contributed by atoms with van der Waals surface area (Å²) in [6.45, 7) is 3.09. The van der Waals surface area contributed by atoms with Gasteiger partial charge < -0.3 is 19.0 Å². The van der Waals surface area contributed by atoms with Gasteiger partial charge in [0.05, 0.1) is 23.5 Å². The van der Waals surface area contributed by atoms with Gasteiger partial charge >= 0.3 is 0 Å². The first kappa shape index (κ1) is 38.3. The predicted octanol–water partition coefficient (Wildman–Crippen LogP) is 5.16. The molecule has 8 heterocycles. The summed E-state index contributed by atoms with van der Waals surface area (Å²) in [5, 5.41) is 7.81. The lowest BCUT2D eigenvalue weighted by Gasteiger charge is -2.23. The van der Waals surface area contributed by atoms with E-state index < -0.39 is 11.8 Å². The molecule has 0 bridgehead atoms. The van der Waals surface area contributed by atoms with Crippen LogP contribution in [-0.2, 0) is 28.4 Å². The minimum atomic E-state index is -0.459. The highest BCUT2D eigenvalue weighted by Crippen LogP contribution is 2.37. The van der Waals surface area contributed by atoms with Gasteiger partial charge in [-0.1, -0.05) is 18.1 Å². The van der Waals surface area contributed by atoms with E-state index in [1.807, 2.05) is 18.3 Å². The topological polar surface area (TPSA) is 180 Å². The number of piperidine rings is 1. The summed E-state index contributed by atoms with van der Waals surface area (Å²) in [4.78, 5) is 78.0. The van der Waals surface area contributed by atoms with Crippen molar-refractivity contribution in [1.82, 2.24) is 34.7 Å². The number of rotatable bonds is 6. The standard InChI is InChI=1S/C46H39N7O7/c1-25-18-33-31(20-39(26-13-16-59-17-14-26)50-42(33)53(3)45(25)57)36-24-52(2)46(58)34-21-38(49-23-35(34)36)27-9-11-37(48-22-27)44(56)47-15-5-6-28-19-32-29(7-4-8-40(32)60-28)30-10-12-41(54)51-43(30)55/h4,7-9,11,18-24,26,30H,10,12-17H2,1-3H3,(H,47,56)(H,51,54,55). The number of carbonyl (C=O) groups is 3. The second kappa shape index (κ2) is 15.5. The highest BCUT2D eigenvalue weighted by Gasteiger charge is 2.30. The molecule has 300 valence electrons. The lowest BCUT2D eigenvalue weighted by Crippen LogP contribution is -2.39. The first-order chi connectivity index (χ1) is 29.0. The second-order valence-electron chi connectivity index (χ2n) is 15.3. The molecule has 14 nitrogen and oxygen atoms in total. The van der Waals surface area contributed by atoms with Crippen molar-refractivity contribution in [1.29, 1.82) is 0 Å². The molecule has 2 aliphatic rings. The monoisotopic (exact) mass is 801 g/mol. The number of ether oxygens (including phenoxy) is 1. The molecule has 0 saturated carbocycles. The highest BCUT2D eigenvalue weighted by molar-refractivity contribution is 6.05. The average Bonchev–Trinajstić information content (AvgIpc) is 3.69. The van der Waals surface area contributed by atoms with Crippen molar-refractivity contribution in [2.75, 3.05) is 19.8 Å². The summed E-state index contributed by atoms with van der Waals surface area (Å²) in [5.41, 5.74) is 6.00. The van der Waals surface area contributed by atoms with Gasteiger partial charge in [0.25, 0.3) is 17.0 Å². The van der Waals surface area contributed by atoms with Crippen molar-refractivity contribution >= 4 is 50.5 Å². The van der Waals surface area contributed by atoms with Gasteiger partial charge in [0.15, 0.2) is 5.76 Å². The maximum absolute atomic E-state index is 13.7. The van der Waals surface area contributed by atoms with E-state index >= 15 is 0 Å². The fraction of sp³-hybridized carbons (Fsp3) is 0.261. The molecule has 1 aromatic carbocycles. The van der Waals surface area contributed by atoms with Crippen LogP contribution < -0.4 is 21.8 Å². The summed E-state index contributed by atoms with van der Waals surface area (Å²) in [7, 11) is 3.45. The van der Waals surface area contributed by atoms with Crippen molar-refractivity contribution in [2.24, 2.45) is 14.1 Å². The number of nitrogens with zero attached hydrogens (tertiary/aromatic N) is 5. The first-order valence-electron chi connectivity index (χ1n) is 19.7. The number of nitrogens with one attached hydrogen (secondary N) is 2. The predicted molar refractivity (Wildman–Crippen MR) is 224 cm³/mol. The maximum Gasteiger partial charge on any atom is 0.270 e. The Labute approximate surface area is 342 Å². The largest absolute Gasteiger partial charge is 0.448 e. The Morgan fingerprint density at radius 1 is 0.900 bits per heavy atom. The van der Waals surface area contributed by atoms with E-state index in [0.29, 0.717) is 64.2 Å². The average molecular weight is 802 g/mol. The summed E-state index contributed by atoms with van der Waals surface area (Å²) in [6, 6.07) is 16.2. The zero-order valence-electron chi connectivity index (χ0n) is 33.1. The number of aromatic nitrogens is 5. The van der Waals surface area contributed by atoms with Crippen molar-refractivity contribution < 1.29 is 23.5 Å². The van der Waals surface area contributed by atoms with Crippen LogP contribution in [0.3, 0.4) is 0 Å². The molecule has 6 aromatic heterocycles. The van der Waals surface area contributed by atoms with Crippen LogP contribution in [0.4, 0.5) is 0 Å². The van der Waals surface area contributed by atoms with Crippen LogP contribution in [-0.4, -0.2) is 61.6 Å². The van der Waals surface area contributed by atoms with Gasteiger partial charge in [-0.15, -0.1) is 0 Å². The Balaban J connectivity index is 0.955. The molecule has 9 rings (SSSR count). The van der Waals surface area contributed by atoms with Crippen molar-refractivity contribution in [3.05, 3.63) is 122 Å². The molecular formula is C46H39N7O7. The van der Waals surface area contributed by atoms with E-state index in [-0.39, 0.29) is 47.5 Å². The van der Waals surface area contributed by atoms with E-state index in [9.17, 15) is 24.0 Å². The van der Waals surface area contributed by atoms with E-state index in [1.54, 1.807) is 72.7 Å². The number of amides is 3. The molecule has 3 amide bonds. The van der Waals surface area contributed by atoms with Gasteiger partial charge in [-0.2, -0.15) is 0 Å². The number of benzene rings is 1. The third-order valence-corrected chi connectivity index (χ3v) is 11.4. The van der Waals surface area contributed by atoms with Gasteiger partial charge in [-0.25, -0.2) is 4.98 Å². The number of imide groups is 1. The van der Waals surface area contributed by atoms with Crippen LogP contribution in [0, 0.1) is 18.8 Å². The third kappa shape index (κ3) is 7.02. The van der Waals surface area contributed by atoms with Crippen molar-refractivity contribution in [3.8, 4) is 34.2 Å². The first-order valence-corrected chi connectivity index (χ1v) is 19.7. The Hall–Kier alpha value is -7.24. The van der Waals surface area contributed by atoms with E-state index in [2.05, 4.69) is 33.5 Å². The van der Waals surface area contributed by atoms with E-state index in [1.165, 1.54) is 6.20 Å². The third-order valence-electron chi connectivity index (χ3n) is 11.4. The number of fused-ring (bicyclic) bond motifs is 3. The van der Waals surface area contributed by atoms with Gasteiger partial charge in [-0.3, -0.25) is 43.8 Å². The SMILES string of the molecule is Cc1cc2c(-c3cn(C)c(=O)c4cc(-c5ccc(C(=O)NCC#Cc6cc7c(C8CCC(=O)NC8=O)cccc7o6)nc5)ncc34)cc(C3CCOCC3)nc2n(C)c1=O. The summed E-state index contributed by atoms with van der Waals surface area (Å²) in [6.07, 6.45) is 7.37. The number of hydrogen-bond acceptors (Lipinski definition) is 10. The van der Waals surface area contributed by atoms with E-state index in [0.717, 1.165) is 46.0 Å². The number of carbonyl (C=O) groups excluding carboxylic acids is 3. The van der Waals surface area contributed by atoms with E-state index in [4.69, 9.17) is 19.1 Å². The van der Waals surface area contributed by atoms with Crippen molar-refractivity contribution in [3.63, 3.8) is 0 Å². The Morgan fingerprint density at radius 2 is 1.73 bits per heavy atom. The highest BCUT2D eigenvalue weighted by atomic mass is 16.5. The number of hydrogen-bond donors (Lipinski definition) is 2. The normalized spacial score (nSPS) is 15.9. The second-order valence-corrected chi connectivity index (χ2v) is 15.3. The maximum atomic E-state index is 13.7. The lowest BCUT2D eigenvalue weighted by molar-refractivity contribution is -0.134.